The Labute approximate surface area is 130 Å². The van der Waals surface area contributed by atoms with E-state index < -0.39 is 0 Å². The van der Waals surface area contributed by atoms with Gasteiger partial charge in [-0.2, -0.15) is 0 Å². The smallest absolute Gasteiger partial charge is 0.0178 e. The summed E-state index contributed by atoms with van der Waals surface area (Å²) in [4.78, 5) is 0. The van der Waals surface area contributed by atoms with Crippen LogP contribution in [0.4, 0.5) is 0 Å². The van der Waals surface area contributed by atoms with Gasteiger partial charge in [-0.25, -0.2) is 0 Å². The lowest BCUT2D eigenvalue weighted by Crippen LogP contribution is -2.30. The minimum atomic E-state index is 0.202. The molecule has 0 saturated heterocycles. The molecule has 0 bridgehead atoms. The van der Waals surface area contributed by atoms with Gasteiger partial charge in [-0.3, -0.25) is 0 Å². The second-order valence-corrected chi connectivity index (χ2v) is 7.03. The minimum Gasteiger partial charge on any atom is -0.0918 e. The van der Waals surface area contributed by atoms with Gasteiger partial charge in [0.15, 0.2) is 0 Å². The van der Waals surface area contributed by atoms with Crippen LogP contribution in [-0.2, 0) is 5.41 Å². The molecule has 0 saturated carbocycles. The van der Waals surface area contributed by atoms with Crippen LogP contribution in [0.1, 0.15) is 32.3 Å². The first-order chi connectivity index (χ1) is 8.04. The molecule has 0 aliphatic heterocycles. The van der Waals surface area contributed by atoms with Crippen molar-refractivity contribution < 1.29 is 0 Å². The summed E-state index contributed by atoms with van der Waals surface area (Å²) in [6.07, 6.45) is 2.46. The van der Waals surface area contributed by atoms with Crippen LogP contribution in [0.15, 0.2) is 28.7 Å². The van der Waals surface area contributed by atoms with Gasteiger partial charge in [-0.1, -0.05) is 80.2 Å². The highest BCUT2D eigenvalue weighted by Gasteiger charge is 2.30. The van der Waals surface area contributed by atoms with Crippen LogP contribution < -0.4 is 0 Å². The molecule has 3 heteroatoms. The zero-order chi connectivity index (χ0) is 12.9. The van der Waals surface area contributed by atoms with Gasteiger partial charge >= 0.3 is 0 Å². The maximum atomic E-state index is 3.70. The Morgan fingerprint density at radius 1 is 1.18 bits per heavy atom. The number of hydrogen-bond acceptors (Lipinski definition) is 0. The molecule has 1 rings (SSSR count). The van der Waals surface area contributed by atoms with Gasteiger partial charge in [-0.15, -0.1) is 0 Å². The number of alkyl halides is 2. The van der Waals surface area contributed by atoms with E-state index in [0.29, 0.717) is 0 Å². The topological polar surface area (TPSA) is 0 Å². The summed E-state index contributed by atoms with van der Waals surface area (Å²) < 4.78 is 1.16. The fourth-order valence-electron chi connectivity index (χ4n) is 1.85. The molecule has 1 aromatic carbocycles. The largest absolute Gasteiger partial charge is 0.0918 e. The van der Waals surface area contributed by atoms with E-state index >= 15 is 0 Å². The van der Waals surface area contributed by atoms with Gasteiger partial charge in [0.25, 0.3) is 0 Å². The van der Waals surface area contributed by atoms with Crippen LogP contribution in [0.5, 0.6) is 0 Å². The van der Waals surface area contributed by atoms with Crippen molar-refractivity contribution in [3.63, 3.8) is 0 Å². The highest BCUT2D eigenvalue weighted by molar-refractivity contribution is 9.10. The van der Waals surface area contributed by atoms with Crippen LogP contribution in [0.25, 0.3) is 0 Å². The molecule has 17 heavy (non-hydrogen) atoms. The Bertz CT molecular complexity index is 343. The number of hydrogen-bond donors (Lipinski definition) is 0. The quantitative estimate of drug-likeness (QED) is 0.496. The van der Waals surface area contributed by atoms with Crippen molar-refractivity contribution in [3.8, 4) is 0 Å². The molecule has 0 aliphatic rings. The van der Waals surface area contributed by atoms with E-state index in [1.165, 1.54) is 18.4 Å². The lowest BCUT2D eigenvalue weighted by molar-refractivity contribution is 0.430. The van der Waals surface area contributed by atoms with Crippen LogP contribution in [0.2, 0.25) is 0 Å². The van der Waals surface area contributed by atoms with E-state index in [1.807, 2.05) is 0 Å². The van der Waals surface area contributed by atoms with Crippen molar-refractivity contribution in [3.05, 3.63) is 34.3 Å². The van der Waals surface area contributed by atoms with Gasteiger partial charge in [0.2, 0.25) is 0 Å². The van der Waals surface area contributed by atoms with Crippen LogP contribution in [-0.4, -0.2) is 10.7 Å². The van der Waals surface area contributed by atoms with Gasteiger partial charge in [-0.05, 0) is 30.0 Å². The second kappa shape index (κ2) is 7.30. The maximum Gasteiger partial charge on any atom is 0.0178 e. The van der Waals surface area contributed by atoms with Crippen LogP contribution in [0.3, 0.4) is 0 Å². The molecule has 0 spiro atoms. The van der Waals surface area contributed by atoms with E-state index in [1.54, 1.807) is 0 Å². The standard InChI is InChI=1S/C14H19Br3/c1-11(2)6-7-14(9-15,10-16)12-4-3-5-13(17)8-12/h3-5,8,11H,6-7,9-10H2,1-2H3. The third kappa shape index (κ3) is 4.36. The number of benzene rings is 1. The van der Waals surface area contributed by atoms with Crippen LogP contribution in [0, 0.1) is 5.92 Å². The Morgan fingerprint density at radius 2 is 1.82 bits per heavy atom. The van der Waals surface area contributed by atoms with Gasteiger partial charge in [0, 0.05) is 20.5 Å². The van der Waals surface area contributed by atoms with E-state index in [-0.39, 0.29) is 5.41 Å². The molecule has 0 aromatic heterocycles. The van der Waals surface area contributed by atoms with Gasteiger partial charge in [0.1, 0.15) is 0 Å². The minimum absolute atomic E-state index is 0.202. The Kier molecular flexibility index (Phi) is 6.75. The van der Waals surface area contributed by atoms with Crippen molar-refractivity contribution in [2.45, 2.75) is 32.1 Å². The van der Waals surface area contributed by atoms with E-state index in [2.05, 4.69) is 85.9 Å². The third-order valence-corrected chi connectivity index (χ3v) is 5.79. The Balaban J connectivity index is 2.97. The van der Waals surface area contributed by atoms with Crippen molar-refractivity contribution in [1.82, 2.24) is 0 Å². The monoisotopic (exact) mass is 424 g/mol. The Hall–Kier alpha value is 0.660. The van der Waals surface area contributed by atoms with Crippen molar-refractivity contribution in [2.24, 2.45) is 5.92 Å². The SMILES string of the molecule is CC(C)CCC(CBr)(CBr)c1cccc(Br)c1. The summed E-state index contributed by atoms with van der Waals surface area (Å²) in [5, 5.41) is 1.99. The molecule has 0 amide bonds. The number of rotatable bonds is 6. The van der Waals surface area contributed by atoms with Crippen LogP contribution >= 0.6 is 47.8 Å². The summed E-state index contributed by atoms with van der Waals surface area (Å²) in [7, 11) is 0. The molecule has 0 atom stereocenters. The summed E-state index contributed by atoms with van der Waals surface area (Å²) in [6, 6.07) is 8.67. The fraction of sp³-hybridized carbons (Fsp3) is 0.571. The molecule has 0 radical (unpaired) electrons. The summed E-state index contributed by atoms with van der Waals surface area (Å²) in [5.74, 6) is 0.750. The lowest BCUT2D eigenvalue weighted by atomic mass is 9.79. The molecule has 0 aliphatic carbocycles. The summed E-state index contributed by atoms with van der Waals surface area (Å²) in [5.41, 5.74) is 1.61. The molecule has 0 N–H and O–H groups in total. The average molecular weight is 427 g/mol. The first-order valence-electron chi connectivity index (χ1n) is 5.92. The van der Waals surface area contributed by atoms with Gasteiger partial charge < -0.3 is 0 Å². The maximum absolute atomic E-state index is 3.70. The molecule has 96 valence electrons. The highest BCUT2D eigenvalue weighted by atomic mass is 79.9. The normalized spacial score (nSPS) is 12.1. The van der Waals surface area contributed by atoms with Crippen molar-refractivity contribution >= 4 is 47.8 Å². The summed E-state index contributed by atoms with van der Waals surface area (Å²) in [6.45, 7) is 4.57. The zero-order valence-corrected chi connectivity index (χ0v) is 15.1. The Morgan fingerprint density at radius 3 is 2.29 bits per heavy atom. The van der Waals surface area contributed by atoms with E-state index in [9.17, 15) is 0 Å². The average Bonchev–Trinajstić information content (AvgIpc) is 2.31. The highest BCUT2D eigenvalue weighted by Crippen LogP contribution is 2.35. The lowest BCUT2D eigenvalue weighted by Gasteiger charge is -2.31. The number of halogens is 3. The van der Waals surface area contributed by atoms with Crippen molar-refractivity contribution in [2.75, 3.05) is 10.7 Å². The predicted octanol–water partition coefficient (Wildman–Crippen LogP) is 5.91. The first-order valence-corrected chi connectivity index (χ1v) is 8.95. The second-order valence-electron chi connectivity index (χ2n) is 4.99. The first kappa shape index (κ1) is 15.7. The predicted molar refractivity (Wildman–Crippen MR) is 87.5 cm³/mol. The van der Waals surface area contributed by atoms with E-state index in [4.69, 9.17) is 0 Å². The summed E-state index contributed by atoms with van der Waals surface area (Å²) >= 11 is 11.0. The molecule has 0 unspecified atom stereocenters. The molecule has 1 aromatic rings. The fourth-order valence-corrected chi connectivity index (χ4v) is 4.39. The third-order valence-electron chi connectivity index (χ3n) is 3.15. The molecule has 0 heterocycles. The molecule has 0 nitrogen and oxygen atoms in total. The van der Waals surface area contributed by atoms with E-state index in [0.717, 1.165) is 21.1 Å². The van der Waals surface area contributed by atoms with Gasteiger partial charge in [0.05, 0.1) is 0 Å². The molecular weight excluding hydrogens is 408 g/mol. The van der Waals surface area contributed by atoms with Crippen molar-refractivity contribution in [1.29, 1.82) is 0 Å². The molecule has 0 fully saturated rings. The zero-order valence-electron chi connectivity index (χ0n) is 10.3. The molecular formula is C14H19Br3.